The van der Waals surface area contributed by atoms with Gasteiger partial charge in [-0.25, -0.2) is 0 Å². The summed E-state index contributed by atoms with van der Waals surface area (Å²) in [5.74, 6) is 0.337. The number of nitrogens with one attached hydrogen (secondary N) is 1. The highest BCUT2D eigenvalue weighted by Crippen LogP contribution is 2.24. The minimum atomic E-state index is 0.136. The van der Waals surface area contributed by atoms with Crippen LogP contribution in [0.1, 0.15) is 44.1 Å². The minimum Gasteiger partial charge on any atom is -0.354 e. The standard InChI is InChI=1S/C16H26N2OS/c1-4-5-12(2)16(19)17-10-13(3)18-8-6-15-14(11-18)7-9-20-15/h7,9,12-13H,4-6,8,10-11H2,1-3H3,(H,17,19). The lowest BCUT2D eigenvalue weighted by molar-refractivity contribution is -0.124. The summed E-state index contributed by atoms with van der Waals surface area (Å²) in [7, 11) is 0. The van der Waals surface area contributed by atoms with Gasteiger partial charge in [0, 0.05) is 36.5 Å². The van der Waals surface area contributed by atoms with E-state index in [2.05, 4.69) is 35.5 Å². The lowest BCUT2D eigenvalue weighted by atomic mass is 10.0. The van der Waals surface area contributed by atoms with Crippen LogP contribution in [0.15, 0.2) is 11.4 Å². The largest absolute Gasteiger partial charge is 0.354 e. The molecule has 2 heterocycles. The van der Waals surface area contributed by atoms with Gasteiger partial charge in [0.25, 0.3) is 0 Å². The quantitative estimate of drug-likeness (QED) is 0.874. The van der Waals surface area contributed by atoms with Crippen LogP contribution in [0.5, 0.6) is 0 Å². The number of nitrogens with zero attached hydrogens (tertiary/aromatic N) is 1. The van der Waals surface area contributed by atoms with Gasteiger partial charge in [-0.05, 0) is 36.8 Å². The van der Waals surface area contributed by atoms with Gasteiger partial charge < -0.3 is 5.32 Å². The maximum atomic E-state index is 11.9. The van der Waals surface area contributed by atoms with Crippen molar-refractivity contribution in [3.63, 3.8) is 0 Å². The molecule has 0 aliphatic carbocycles. The van der Waals surface area contributed by atoms with Crippen LogP contribution in [0.25, 0.3) is 0 Å². The van der Waals surface area contributed by atoms with Gasteiger partial charge in [-0.3, -0.25) is 9.69 Å². The van der Waals surface area contributed by atoms with E-state index in [4.69, 9.17) is 0 Å². The van der Waals surface area contributed by atoms with Gasteiger partial charge in [0.15, 0.2) is 0 Å². The van der Waals surface area contributed by atoms with E-state index in [0.29, 0.717) is 6.04 Å². The average molecular weight is 294 g/mol. The summed E-state index contributed by atoms with van der Waals surface area (Å²) >= 11 is 1.87. The number of thiophene rings is 1. The molecule has 0 radical (unpaired) electrons. The maximum absolute atomic E-state index is 11.9. The highest BCUT2D eigenvalue weighted by atomic mass is 32.1. The molecule has 4 heteroatoms. The molecule has 0 aromatic carbocycles. The van der Waals surface area contributed by atoms with E-state index in [1.54, 1.807) is 0 Å². The monoisotopic (exact) mass is 294 g/mol. The molecule has 2 atom stereocenters. The molecule has 0 saturated heterocycles. The van der Waals surface area contributed by atoms with Crippen LogP contribution >= 0.6 is 11.3 Å². The zero-order chi connectivity index (χ0) is 14.5. The number of rotatable bonds is 6. The Balaban J connectivity index is 1.78. The highest BCUT2D eigenvalue weighted by Gasteiger charge is 2.22. The fraction of sp³-hybridized carbons (Fsp3) is 0.688. The van der Waals surface area contributed by atoms with Crippen molar-refractivity contribution in [2.75, 3.05) is 13.1 Å². The third-order valence-corrected chi connectivity index (χ3v) is 5.22. The van der Waals surface area contributed by atoms with Crippen LogP contribution in [-0.4, -0.2) is 29.9 Å². The first-order valence-corrected chi connectivity index (χ1v) is 8.56. The summed E-state index contributed by atoms with van der Waals surface area (Å²) in [5, 5.41) is 5.29. The zero-order valence-corrected chi connectivity index (χ0v) is 13.6. The van der Waals surface area contributed by atoms with Crippen LogP contribution in [-0.2, 0) is 17.8 Å². The molecule has 2 rings (SSSR count). The summed E-state index contributed by atoms with van der Waals surface area (Å²) in [6.45, 7) is 9.24. The van der Waals surface area contributed by atoms with Gasteiger partial charge in [-0.15, -0.1) is 11.3 Å². The van der Waals surface area contributed by atoms with E-state index in [1.165, 1.54) is 10.4 Å². The molecular weight excluding hydrogens is 268 g/mol. The molecule has 0 bridgehead atoms. The Morgan fingerprint density at radius 1 is 1.50 bits per heavy atom. The second-order valence-corrected chi connectivity index (χ2v) is 6.87. The first kappa shape index (κ1) is 15.5. The second kappa shape index (κ2) is 7.23. The summed E-state index contributed by atoms with van der Waals surface area (Å²) in [6, 6.07) is 2.64. The first-order valence-electron chi connectivity index (χ1n) is 7.68. The Morgan fingerprint density at radius 2 is 2.30 bits per heavy atom. The predicted octanol–water partition coefficient (Wildman–Crippen LogP) is 3.05. The predicted molar refractivity (Wildman–Crippen MR) is 85.0 cm³/mol. The van der Waals surface area contributed by atoms with Gasteiger partial charge in [0.1, 0.15) is 0 Å². The molecule has 2 unspecified atom stereocenters. The molecule has 0 saturated carbocycles. The summed E-state index contributed by atoms with van der Waals surface area (Å²) in [4.78, 5) is 16.0. The smallest absolute Gasteiger partial charge is 0.222 e. The molecule has 112 valence electrons. The van der Waals surface area contributed by atoms with Crippen molar-refractivity contribution in [3.05, 3.63) is 21.9 Å². The molecule has 0 spiro atoms. The van der Waals surface area contributed by atoms with Crippen molar-refractivity contribution in [3.8, 4) is 0 Å². The van der Waals surface area contributed by atoms with Crippen molar-refractivity contribution >= 4 is 17.2 Å². The summed E-state index contributed by atoms with van der Waals surface area (Å²) in [6.07, 6.45) is 3.19. The number of fused-ring (bicyclic) bond motifs is 1. The van der Waals surface area contributed by atoms with Gasteiger partial charge in [-0.2, -0.15) is 0 Å². The molecular formula is C16H26N2OS. The van der Waals surface area contributed by atoms with Gasteiger partial charge in [0.2, 0.25) is 5.91 Å². The third kappa shape index (κ3) is 3.83. The minimum absolute atomic E-state index is 0.136. The number of hydrogen-bond donors (Lipinski definition) is 1. The number of hydrogen-bond acceptors (Lipinski definition) is 3. The van der Waals surface area contributed by atoms with Crippen LogP contribution in [0, 0.1) is 5.92 Å². The maximum Gasteiger partial charge on any atom is 0.222 e. The summed E-state index contributed by atoms with van der Waals surface area (Å²) < 4.78 is 0. The molecule has 20 heavy (non-hydrogen) atoms. The normalized spacial score (nSPS) is 18.4. The van der Waals surface area contributed by atoms with Gasteiger partial charge in [-0.1, -0.05) is 20.3 Å². The van der Waals surface area contributed by atoms with Crippen molar-refractivity contribution in [2.24, 2.45) is 5.92 Å². The van der Waals surface area contributed by atoms with E-state index in [0.717, 1.165) is 38.9 Å². The van der Waals surface area contributed by atoms with Gasteiger partial charge >= 0.3 is 0 Å². The van der Waals surface area contributed by atoms with E-state index in [9.17, 15) is 4.79 Å². The van der Waals surface area contributed by atoms with Crippen molar-refractivity contribution in [2.45, 2.75) is 52.6 Å². The fourth-order valence-electron chi connectivity index (χ4n) is 2.76. The van der Waals surface area contributed by atoms with Gasteiger partial charge in [0.05, 0.1) is 0 Å². The van der Waals surface area contributed by atoms with Crippen LogP contribution in [0.4, 0.5) is 0 Å². The molecule has 1 aliphatic heterocycles. The molecule has 1 aliphatic rings. The topological polar surface area (TPSA) is 32.3 Å². The van der Waals surface area contributed by atoms with Crippen molar-refractivity contribution in [1.82, 2.24) is 10.2 Å². The molecule has 3 nitrogen and oxygen atoms in total. The average Bonchev–Trinajstić information content (AvgIpc) is 2.91. The number of carbonyl (C=O) groups excluding carboxylic acids is 1. The Kier molecular flexibility index (Phi) is 5.61. The Morgan fingerprint density at radius 3 is 3.05 bits per heavy atom. The third-order valence-electron chi connectivity index (χ3n) is 4.20. The number of carbonyl (C=O) groups is 1. The first-order chi connectivity index (χ1) is 9.61. The van der Waals surface area contributed by atoms with E-state index in [1.807, 2.05) is 18.3 Å². The van der Waals surface area contributed by atoms with Crippen LogP contribution in [0.3, 0.4) is 0 Å². The molecule has 0 fully saturated rings. The van der Waals surface area contributed by atoms with Crippen molar-refractivity contribution < 1.29 is 4.79 Å². The Hall–Kier alpha value is -0.870. The molecule has 1 aromatic heterocycles. The number of amides is 1. The lowest BCUT2D eigenvalue weighted by Gasteiger charge is -2.32. The molecule has 1 aromatic rings. The van der Waals surface area contributed by atoms with Crippen molar-refractivity contribution in [1.29, 1.82) is 0 Å². The van der Waals surface area contributed by atoms with Crippen LogP contribution < -0.4 is 5.32 Å². The fourth-order valence-corrected chi connectivity index (χ4v) is 3.65. The van der Waals surface area contributed by atoms with E-state index in [-0.39, 0.29) is 11.8 Å². The Labute approximate surface area is 126 Å². The second-order valence-electron chi connectivity index (χ2n) is 5.87. The van der Waals surface area contributed by atoms with E-state index < -0.39 is 0 Å². The molecule has 1 N–H and O–H groups in total. The van der Waals surface area contributed by atoms with Crippen LogP contribution in [0.2, 0.25) is 0 Å². The zero-order valence-electron chi connectivity index (χ0n) is 12.8. The SMILES string of the molecule is CCCC(C)C(=O)NCC(C)N1CCc2sccc2C1. The lowest BCUT2D eigenvalue weighted by Crippen LogP contribution is -2.45. The highest BCUT2D eigenvalue weighted by molar-refractivity contribution is 7.10. The summed E-state index contributed by atoms with van der Waals surface area (Å²) in [5.41, 5.74) is 1.47. The Bertz CT molecular complexity index is 443. The van der Waals surface area contributed by atoms with E-state index >= 15 is 0 Å². The molecule has 1 amide bonds.